The van der Waals surface area contributed by atoms with Gasteiger partial charge in [-0.25, -0.2) is 0 Å². The van der Waals surface area contributed by atoms with Crippen molar-refractivity contribution < 1.29 is 38.5 Å². The summed E-state index contributed by atoms with van der Waals surface area (Å²) in [6, 6.07) is 4.30. The lowest BCUT2D eigenvalue weighted by Crippen LogP contribution is -2.52. The smallest absolute Gasteiger partial charge is 0.324 e. The Bertz CT molecular complexity index is 842. The van der Waals surface area contributed by atoms with Crippen LogP contribution in [0.3, 0.4) is 0 Å². The van der Waals surface area contributed by atoms with Gasteiger partial charge in [0.05, 0.1) is 6.42 Å². The second-order valence-electron chi connectivity index (χ2n) is 8.85. The predicted molar refractivity (Wildman–Crippen MR) is 112 cm³/mol. The monoisotopic (exact) mass is 437 g/mol. The lowest BCUT2D eigenvalue weighted by Gasteiger charge is -2.28. The molecule has 172 valence electrons. The summed E-state index contributed by atoms with van der Waals surface area (Å²) >= 11 is 0. The number of ether oxygens (including phenoxy) is 3. The number of nitrogens with two attached hydrogens (primary N) is 1. The maximum Gasteiger partial charge on any atom is 0.324 e. The van der Waals surface area contributed by atoms with E-state index in [1.807, 2.05) is 20.8 Å². The maximum atomic E-state index is 12.1. The van der Waals surface area contributed by atoms with Crippen molar-refractivity contribution in [1.82, 2.24) is 0 Å². The summed E-state index contributed by atoms with van der Waals surface area (Å²) in [7, 11) is 0. The van der Waals surface area contributed by atoms with Gasteiger partial charge in [0.15, 0.2) is 11.5 Å². The normalized spacial score (nSPS) is 14.2. The lowest BCUT2D eigenvalue weighted by atomic mass is 9.86. The molecule has 31 heavy (non-hydrogen) atoms. The van der Waals surface area contributed by atoms with Crippen molar-refractivity contribution in [2.45, 2.75) is 72.4 Å². The molecule has 9 heteroatoms. The fourth-order valence-electron chi connectivity index (χ4n) is 2.99. The zero-order valence-corrected chi connectivity index (χ0v) is 18.8. The Balaban J connectivity index is 3.05. The summed E-state index contributed by atoms with van der Waals surface area (Å²) in [5, 5.41) is 9.73. The van der Waals surface area contributed by atoms with Crippen molar-refractivity contribution in [2.24, 2.45) is 11.1 Å². The van der Waals surface area contributed by atoms with Crippen LogP contribution in [0.25, 0.3) is 0 Å². The van der Waals surface area contributed by atoms with Crippen LogP contribution in [0.5, 0.6) is 11.5 Å². The molecule has 1 aromatic rings. The van der Waals surface area contributed by atoms with Crippen molar-refractivity contribution in [3.8, 4) is 11.5 Å². The molecule has 1 unspecified atom stereocenters. The average Bonchev–Trinajstić information content (AvgIpc) is 2.53. The number of aliphatic carboxylic acids is 1. The van der Waals surface area contributed by atoms with Gasteiger partial charge in [0.1, 0.15) is 11.6 Å². The molecule has 0 radical (unpaired) electrons. The molecule has 1 rings (SSSR count). The van der Waals surface area contributed by atoms with Gasteiger partial charge in [-0.2, -0.15) is 0 Å². The number of carbonyl (C=O) groups excluding carboxylic acids is 3. The first-order valence-corrected chi connectivity index (χ1v) is 9.83. The summed E-state index contributed by atoms with van der Waals surface area (Å²) in [5.41, 5.74) is 4.58. The molecular formula is C22H31NO8. The van der Waals surface area contributed by atoms with E-state index in [1.165, 1.54) is 32.0 Å². The highest BCUT2D eigenvalue weighted by molar-refractivity contribution is 5.79. The van der Waals surface area contributed by atoms with Crippen molar-refractivity contribution >= 4 is 23.9 Å². The van der Waals surface area contributed by atoms with Crippen LogP contribution in [0.15, 0.2) is 18.2 Å². The van der Waals surface area contributed by atoms with Gasteiger partial charge in [-0.05, 0) is 30.0 Å². The highest BCUT2D eigenvalue weighted by atomic mass is 16.6. The molecule has 0 aliphatic heterocycles. The number of hydrogen-bond acceptors (Lipinski definition) is 8. The fourth-order valence-corrected chi connectivity index (χ4v) is 2.99. The van der Waals surface area contributed by atoms with Crippen LogP contribution in [0.1, 0.15) is 59.9 Å². The topological polar surface area (TPSA) is 142 Å². The van der Waals surface area contributed by atoms with E-state index in [0.29, 0.717) is 5.56 Å². The Hall–Kier alpha value is -2.94. The summed E-state index contributed by atoms with van der Waals surface area (Å²) < 4.78 is 15.4. The molecule has 0 saturated heterocycles. The average molecular weight is 437 g/mol. The van der Waals surface area contributed by atoms with Gasteiger partial charge in [0.25, 0.3) is 0 Å². The van der Waals surface area contributed by atoms with Gasteiger partial charge in [-0.15, -0.1) is 0 Å². The van der Waals surface area contributed by atoms with E-state index in [1.54, 1.807) is 6.92 Å². The third-order valence-electron chi connectivity index (χ3n) is 4.12. The van der Waals surface area contributed by atoms with Crippen molar-refractivity contribution in [2.75, 3.05) is 0 Å². The zero-order valence-electron chi connectivity index (χ0n) is 18.8. The minimum Gasteiger partial charge on any atom is -0.480 e. The third kappa shape index (κ3) is 9.17. The second kappa shape index (κ2) is 10.4. The Morgan fingerprint density at radius 1 is 1.03 bits per heavy atom. The van der Waals surface area contributed by atoms with Crippen LogP contribution in [0.4, 0.5) is 0 Å². The minimum absolute atomic E-state index is 0.0221. The molecule has 0 amide bonds. The van der Waals surface area contributed by atoms with Gasteiger partial charge in [-0.3, -0.25) is 19.2 Å². The summed E-state index contributed by atoms with van der Waals surface area (Å²) in [6.45, 7) is 9.64. The molecule has 0 heterocycles. The molecule has 0 aliphatic carbocycles. The van der Waals surface area contributed by atoms with E-state index in [4.69, 9.17) is 19.9 Å². The van der Waals surface area contributed by atoms with Crippen molar-refractivity contribution in [3.05, 3.63) is 23.8 Å². The van der Waals surface area contributed by atoms with Gasteiger partial charge >= 0.3 is 23.9 Å². The third-order valence-corrected chi connectivity index (χ3v) is 4.12. The molecule has 1 aromatic carbocycles. The quantitative estimate of drug-likeness (QED) is 0.440. The molecule has 0 bridgehead atoms. The van der Waals surface area contributed by atoms with Gasteiger partial charge in [0.2, 0.25) is 0 Å². The minimum atomic E-state index is -1.75. The maximum absolute atomic E-state index is 12.1. The first-order valence-electron chi connectivity index (χ1n) is 9.83. The van der Waals surface area contributed by atoms with Crippen LogP contribution < -0.4 is 15.2 Å². The van der Waals surface area contributed by atoms with Crippen LogP contribution in [0.2, 0.25) is 0 Å². The molecule has 0 saturated carbocycles. The van der Waals surface area contributed by atoms with Crippen LogP contribution in [-0.2, 0) is 30.3 Å². The Morgan fingerprint density at radius 2 is 1.58 bits per heavy atom. The van der Waals surface area contributed by atoms with Crippen molar-refractivity contribution in [1.29, 1.82) is 0 Å². The number of carboxylic acid groups (broad SMARTS) is 1. The zero-order chi connectivity index (χ0) is 24.0. The van der Waals surface area contributed by atoms with E-state index in [2.05, 4.69) is 0 Å². The van der Waals surface area contributed by atoms with Crippen LogP contribution >= 0.6 is 0 Å². The summed E-state index contributed by atoms with van der Waals surface area (Å²) in [6.07, 6.45) is -0.819. The first-order chi connectivity index (χ1) is 14.1. The van der Waals surface area contributed by atoms with Gasteiger partial charge in [-0.1, -0.05) is 26.8 Å². The van der Waals surface area contributed by atoms with E-state index >= 15 is 0 Å². The second-order valence-corrected chi connectivity index (χ2v) is 8.85. The Morgan fingerprint density at radius 3 is 2.06 bits per heavy atom. The molecule has 9 nitrogen and oxygen atoms in total. The molecular weight excluding hydrogens is 406 g/mol. The molecule has 0 aliphatic rings. The van der Waals surface area contributed by atoms with Gasteiger partial charge in [0, 0.05) is 26.7 Å². The summed E-state index contributed by atoms with van der Waals surface area (Å²) in [5.74, 6) is -2.96. The molecule has 3 N–H and O–H groups in total. The molecule has 2 atom stereocenters. The van der Waals surface area contributed by atoms with Gasteiger partial charge < -0.3 is 25.1 Å². The van der Waals surface area contributed by atoms with Crippen LogP contribution in [0, 0.1) is 5.41 Å². The number of esters is 3. The van der Waals surface area contributed by atoms with E-state index in [-0.39, 0.29) is 36.2 Å². The molecule has 0 spiro atoms. The largest absolute Gasteiger partial charge is 0.480 e. The van der Waals surface area contributed by atoms with Crippen LogP contribution in [-0.4, -0.2) is 40.6 Å². The number of carboxylic acids is 1. The standard InChI is InChI=1S/C22H31NO8/c1-13(29-19(26)12-21(4,5)6)10-22(23,20(27)28)11-16-7-8-17(30-14(2)24)18(9-16)31-15(3)25/h7-9,13H,10-12,23H2,1-6H3,(H,27,28)/t13-,22?/m0/s1. The van der Waals surface area contributed by atoms with E-state index in [9.17, 15) is 24.3 Å². The SMILES string of the molecule is CC(=O)Oc1ccc(CC(N)(C[C@H](C)OC(=O)CC(C)(C)C)C(=O)O)cc1OC(C)=O. The number of hydrogen-bond donors (Lipinski definition) is 2. The fraction of sp³-hybridized carbons (Fsp3) is 0.545. The van der Waals surface area contributed by atoms with E-state index < -0.39 is 35.5 Å². The first kappa shape index (κ1) is 26.1. The molecule has 0 fully saturated rings. The predicted octanol–water partition coefficient (Wildman–Crippen LogP) is 2.62. The summed E-state index contributed by atoms with van der Waals surface area (Å²) in [4.78, 5) is 46.6. The highest BCUT2D eigenvalue weighted by Gasteiger charge is 2.37. The Labute approximate surface area is 181 Å². The highest BCUT2D eigenvalue weighted by Crippen LogP contribution is 2.31. The Kier molecular flexibility index (Phi) is 8.74. The number of rotatable bonds is 9. The number of benzene rings is 1. The number of carbonyl (C=O) groups is 4. The lowest BCUT2D eigenvalue weighted by molar-refractivity contribution is -0.154. The van der Waals surface area contributed by atoms with Crippen molar-refractivity contribution in [3.63, 3.8) is 0 Å². The molecule has 0 aromatic heterocycles. The van der Waals surface area contributed by atoms with E-state index in [0.717, 1.165) is 0 Å².